The highest BCUT2D eigenvalue weighted by molar-refractivity contribution is 6.30. The van der Waals surface area contributed by atoms with Gasteiger partial charge in [0.2, 0.25) is 0 Å². The van der Waals surface area contributed by atoms with Crippen LogP contribution in [0.2, 0.25) is 5.02 Å². The molecule has 3 heteroatoms. The van der Waals surface area contributed by atoms with Gasteiger partial charge in [-0.3, -0.25) is 9.79 Å². The van der Waals surface area contributed by atoms with Gasteiger partial charge in [-0.2, -0.15) is 0 Å². The molecule has 1 aliphatic carbocycles. The minimum atomic E-state index is -0.181. The van der Waals surface area contributed by atoms with Crippen molar-refractivity contribution in [3.8, 4) is 0 Å². The summed E-state index contributed by atoms with van der Waals surface area (Å²) in [6.07, 6.45) is 5.54. The molecule has 3 rings (SSSR count). The number of hydrogen-bond acceptors (Lipinski definition) is 2. The minimum Gasteiger partial charge on any atom is -0.299 e. The fourth-order valence-corrected chi connectivity index (χ4v) is 5.57. The zero-order chi connectivity index (χ0) is 19.1. The highest BCUT2D eigenvalue weighted by Crippen LogP contribution is 2.46. The van der Waals surface area contributed by atoms with Crippen LogP contribution in [-0.4, -0.2) is 17.0 Å². The summed E-state index contributed by atoms with van der Waals surface area (Å²) in [6, 6.07) is 6.00. The number of fused-ring (bicyclic) bond motifs is 1. The van der Waals surface area contributed by atoms with Gasteiger partial charge in [-0.05, 0) is 81.0 Å². The normalized spacial score (nSPS) is 30.5. The fourth-order valence-electron chi connectivity index (χ4n) is 5.38. The monoisotopic (exact) mass is 373 g/mol. The Labute approximate surface area is 163 Å². The Bertz CT molecular complexity index is 724. The SMILES string of the molecule is CCC1(C(=O)CC2=NC(C)(C)Cc3cc(Cl)ccc32)CC(C)CC(C)C1. The van der Waals surface area contributed by atoms with Crippen LogP contribution >= 0.6 is 11.6 Å². The van der Waals surface area contributed by atoms with E-state index < -0.39 is 0 Å². The Morgan fingerprint density at radius 1 is 1.23 bits per heavy atom. The first kappa shape index (κ1) is 19.6. The molecule has 0 N–H and O–H groups in total. The van der Waals surface area contributed by atoms with E-state index in [0.29, 0.717) is 24.0 Å². The summed E-state index contributed by atoms with van der Waals surface area (Å²) < 4.78 is 0. The molecule has 2 nitrogen and oxygen atoms in total. The summed E-state index contributed by atoms with van der Waals surface area (Å²) >= 11 is 6.21. The van der Waals surface area contributed by atoms with Gasteiger partial charge in [0.25, 0.3) is 0 Å². The van der Waals surface area contributed by atoms with Crippen LogP contribution in [0.1, 0.15) is 77.8 Å². The van der Waals surface area contributed by atoms with Crippen LogP contribution < -0.4 is 0 Å². The number of carbonyl (C=O) groups excluding carboxylic acids is 1. The van der Waals surface area contributed by atoms with Crippen LogP contribution in [0, 0.1) is 17.3 Å². The van der Waals surface area contributed by atoms with Gasteiger partial charge < -0.3 is 0 Å². The van der Waals surface area contributed by atoms with Gasteiger partial charge in [0, 0.05) is 16.9 Å². The number of hydrogen-bond donors (Lipinski definition) is 0. The zero-order valence-corrected chi connectivity index (χ0v) is 17.6. The summed E-state index contributed by atoms with van der Waals surface area (Å²) in [5.74, 6) is 1.63. The Balaban J connectivity index is 1.91. The van der Waals surface area contributed by atoms with Crippen molar-refractivity contribution < 1.29 is 4.79 Å². The van der Waals surface area contributed by atoms with E-state index >= 15 is 0 Å². The van der Waals surface area contributed by atoms with Crippen LogP contribution in [-0.2, 0) is 11.2 Å². The maximum absolute atomic E-state index is 13.5. The Morgan fingerprint density at radius 2 is 1.88 bits per heavy atom. The third kappa shape index (κ3) is 3.91. The van der Waals surface area contributed by atoms with Crippen molar-refractivity contribution in [2.24, 2.45) is 22.2 Å². The molecule has 1 aliphatic heterocycles. The van der Waals surface area contributed by atoms with Crippen molar-refractivity contribution in [1.82, 2.24) is 0 Å². The summed E-state index contributed by atoms with van der Waals surface area (Å²) in [6.45, 7) is 11.1. The first-order chi connectivity index (χ1) is 12.1. The minimum absolute atomic E-state index is 0.173. The molecule has 2 atom stereocenters. The lowest BCUT2D eigenvalue weighted by atomic mass is 9.62. The van der Waals surface area contributed by atoms with Crippen molar-refractivity contribution >= 4 is 23.1 Å². The molecule has 1 aromatic carbocycles. The second-order valence-electron chi connectivity index (χ2n) is 9.44. The van der Waals surface area contributed by atoms with Crippen molar-refractivity contribution in [1.29, 1.82) is 0 Å². The largest absolute Gasteiger partial charge is 0.299 e. The van der Waals surface area contributed by atoms with Gasteiger partial charge in [-0.1, -0.05) is 38.4 Å². The molecular weight excluding hydrogens is 342 g/mol. The van der Waals surface area contributed by atoms with Gasteiger partial charge in [0.1, 0.15) is 5.78 Å². The van der Waals surface area contributed by atoms with Gasteiger partial charge in [0.15, 0.2) is 0 Å². The molecule has 0 spiro atoms. The molecule has 1 heterocycles. The van der Waals surface area contributed by atoms with Crippen molar-refractivity contribution in [3.05, 3.63) is 34.3 Å². The lowest BCUT2D eigenvalue weighted by Crippen LogP contribution is -2.40. The Morgan fingerprint density at radius 3 is 2.50 bits per heavy atom. The molecule has 2 aliphatic rings. The highest BCUT2D eigenvalue weighted by Gasteiger charge is 2.43. The maximum Gasteiger partial charge on any atom is 0.144 e. The Kier molecular flexibility index (Phi) is 5.36. The summed E-state index contributed by atoms with van der Waals surface area (Å²) in [7, 11) is 0. The predicted molar refractivity (Wildman–Crippen MR) is 110 cm³/mol. The lowest BCUT2D eigenvalue weighted by Gasteiger charge is -2.42. The molecule has 1 saturated carbocycles. The molecule has 0 bridgehead atoms. The van der Waals surface area contributed by atoms with E-state index in [1.165, 1.54) is 12.0 Å². The molecule has 26 heavy (non-hydrogen) atoms. The van der Waals surface area contributed by atoms with E-state index in [1.54, 1.807) is 0 Å². The average Bonchev–Trinajstić information content (AvgIpc) is 2.52. The molecule has 0 saturated heterocycles. The molecular formula is C23H32ClNO. The van der Waals surface area contributed by atoms with Crippen molar-refractivity contribution in [2.45, 2.75) is 78.7 Å². The van der Waals surface area contributed by atoms with E-state index in [-0.39, 0.29) is 11.0 Å². The van der Waals surface area contributed by atoms with E-state index in [9.17, 15) is 4.79 Å². The lowest BCUT2D eigenvalue weighted by molar-refractivity contribution is -0.131. The number of halogens is 1. The van der Waals surface area contributed by atoms with Gasteiger partial charge in [-0.15, -0.1) is 0 Å². The molecule has 1 fully saturated rings. The molecule has 1 aromatic rings. The second-order valence-corrected chi connectivity index (χ2v) is 9.87. The number of rotatable bonds is 4. The molecule has 2 unspecified atom stereocenters. The maximum atomic E-state index is 13.5. The van der Waals surface area contributed by atoms with Gasteiger partial charge >= 0.3 is 0 Å². The van der Waals surface area contributed by atoms with Crippen LogP contribution in [0.15, 0.2) is 23.2 Å². The zero-order valence-electron chi connectivity index (χ0n) is 16.9. The molecule has 0 radical (unpaired) electrons. The molecule has 0 aromatic heterocycles. The molecule has 0 amide bonds. The molecule has 142 valence electrons. The quantitative estimate of drug-likeness (QED) is 0.611. The average molecular weight is 374 g/mol. The Hall–Kier alpha value is -1.15. The third-order valence-electron chi connectivity index (χ3n) is 6.32. The summed E-state index contributed by atoms with van der Waals surface area (Å²) in [5, 5.41) is 0.757. The number of benzene rings is 1. The van der Waals surface area contributed by atoms with Crippen LogP contribution in [0.3, 0.4) is 0 Å². The first-order valence-corrected chi connectivity index (χ1v) is 10.4. The first-order valence-electron chi connectivity index (χ1n) is 10.0. The summed E-state index contributed by atoms with van der Waals surface area (Å²) in [4.78, 5) is 18.5. The van der Waals surface area contributed by atoms with Gasteiger partial charge in [-0.25, -0.2) is 0 Å². The van der Waals surface area contributed by atoms with Crippen LogP contribution in [0.25, 0.3) is 0 Å². The number of nitrogens with zero attached hydrogens (tertiary/aromatic N) is 1. The van der Waals surface area contributed by atoms with Crippen LogP contribution in [0.5, 0.6) is 0 Å². The van der Waals surface area contributed by atoms with E-state index in [2.05, 4.69) is 34.6 Å². The topological polar surface area (TPSA) is 29.4 Å². The van der Waals surface area contributed by atoms with Gasteiger partial charge in [0.05, 0.1) is 11.3 Å². The number of ketones is 1. The number of aliphatic imine (C=N–C) groups is 1. The van der Waals surface area contributed by atoms with Crippen LogP contribution in [0.4, 0.5) is 0 Å². The third-order valence-corrected chi connectivity index (χ3v) is 6.55. The second kappa shape index (κ2) is 7.11. The fraction of sp³-hybridized carbons (Fsp3) is 0.652. The standard InChI is InChI=1S/C23H32ClNO/c1-6-23(12-15(2)9-16(3)13-23)21(26)11-20-19-8-7-18(24)10-17(19)14-22(4,5)25-20/h7-8,10,15-16H,6,9,11-14H2,1-5H3. The van der Waals surface area contributed by atoms with E-state index in [1.807, 2.05) is 18.2 Å². The van der Waals surface area contributed by atoms with E-state index in [4.69, 9.17) is 16.6 Å². The van der Waals surface area contributed by atoms with Crippen molar-refractivity contribution in [3.63, 3.8) is 0 Å². The number of carbonyl (C=O) groups is 1. The summed E-state index contributed by atoms with van der Waals surface area (Å²) in [5.41, 5.74) is 2.94. The van der Waals surface area contributed by atoms with E-state index in [0.717, 1.165) is 42.0 Å². The smallest absolute Gasteiger partial charge is 0.144 e. The number of Topliss-reactive ketones (excluding diaryl/α,β-unsaturated/α-hetero) is 1. The highest BCUT2D eigenvalue weighted by atomic mass is 35.5. The van der Waals surface area contributed by atoms with Crippen molar-refractivity contribution in [2.75, 3.05) is 0 Å². The predicted octanol–water partition coefficient (Wildman–Crippen LogP) is 6.28.